The molecule has 2 aliphatic rings. The van der Waals surface area contributed by atoms with E-state index in [1.807, 2.05) is 6.92 Å². The smallest absolute Gasteiger partial charge is 0.312 e. The lowest BCUT2D eigenvalue weighted by Crippen LogP contribution is -2.37. The minimum atomic E-state index is -0.694. The summed E-state index contributed by atoms with van der Waals surface area (Å²) in [7, 11) is 0. The fourth-order valence-corrected chi connectivity index (χ4v) is 2.67. The van der Waals surface area contributed by atoms with Crippen molar-refractivity contribution >= 4 is 5.97 Å². The molecule has 3 nitrogen and oxygen atoms in total. The van der Waals surface area contributed by atoms with E-state index in [1.54, 1.807) is 0 Å². The van der Waals surface area contributed by atoms with Gasteiger partial charge >= 0.3 is 5.97 Å². The second-order valence-electron chi connectivity index (χ2n) is 4.66. The van der Waals surface area contributed by atoms with Crippen LogP contribution in [-0.2, 0) is 9.53 Å². The average Bonchev–Trinajstić information content (AvgIpc) is 2.78. The van der Waals surface area contributed by atoms with Crippen LogP contribution in [0, 0.1) is 5.41 Å². The predicted molar refractivity (Wildman–Crippen MR) is 56.7 cm³/mol. The minimum absolute atomic E-state index is 0.156. The molecule has 0 radical (unpaired) electrons. The van der Waals surface area contributed by atoms with Gasteiger partial charge in [0.1, 0.15) is 0 Å². The molecule has 1 N–H and O–H groups in total. The topological polar surface area (TPSA) is 46.5 Å². The largest absolute Gasteiger partial charge is 0.481 e. The maximum atomic E-state index is 11.4. The highest BCUT2D eigenvalue weighted by molar-refractivity contribution is 5.76. The summed E-state index contributed by atoms with van der Waals surface area (Å²) in [6, 6.07) is 0. The van der Waals surface area contributed by atoms with E-state index in [0.29, 0.717) is 19.4 Å². The van der Waals surface area contributed by atoms with Gasteiger partial charge in [0.05, 0.1) is 11.5 Å². The zero-order chi connectivity index (χ0) is 10.9. The van der Waals surface area contributed by atoms with Gasteiger partial charge in [-0.25, -0.2) is 0 Å². The molecule has 0 aromatic rings. The van der Waals surface area contributed by atoms with Gasteiger partial charge in [0.25, 0.3) is 0 Å². The molecule has 1 aliphatic heterocycles. The number of carboxylic acid groups (broad SMARTS) is 1. The van der Waals surface area contributed by atoms with Crippen molar-refractivity contribution < 1.29 is 14.6 Å². The van der Waals surface area contributed by atoms with E-state index in [0.717, 1.165) is 12.8 Å². The number of hydrogen-bond acceptors (Lipinski definition) is 2. The molecule has 2 atom stereocenters. The third-order valence-electron chi connectivity index (χ3n) is 3.80. The molecule has 0 aromatic carbocycles. The Morgan fingerprint density at radius 1 is 1.73 bits per heavy atom. The summed E-state index contributed by atoms with van der Waals surface area (Å²) in [5.41, 5.74) is 0.658. The number of ether oxygens (including phenoxy) is 1. The molecule has 1 heterocycles. The average molecular weight is 210 g/mol. The third kappa shape index (κ3) is 1.81. The van der Waals surface area contributed by atoms with Crippen LogP contribution in [0.3, 0.4) is 0 Å². The van der Waals surface area contributed by atoms with Gasteiger partial charge < -0.3 is 9.84 Å². The van der Waals surface area contributed by atoms with Crippen LogP contribution in [0.2, 0.25) is 0 Å². The van der Waals surface area contributed by atoms with E-state index in [9.17, 15) is 9.90 Å². The first-order valence-corrected chi connectivity index (χ1v) is 5.68. The highest BCUT2D eigenvalue weighted by Gasteiger charge is 2.48. The Morgan fingerprint density at radius 2 is 2.53 bits per heavy atom. The van der Waals surface area contributed by atoms with Crippen LogP contribution in [0.25, 0.3) is 0 Å². The summed E-state index contributed by atoms with van der Waals surface area (Å²) in [6.07, 6.45) is 6.75. The number of rotatable bonds is 3. The maximum absolute atomic E-state index is 11.4. The molecule has 0 spiro atoms. The number of allylic oxidation sites excluding steroid dienone is 2. The van der Waals surface area contributed by atoms with Gasteiger partial charge in [0.2, 0.25) is 0 Å². The number of hydrogen-bond donors (Lipinski definition) is 1. The van der Waals surface area contributed by atoms with Crippen molar-refractivity contribution in [1.29, 1.82) is 0 Å². The summed E-state index contributed by atoms with van der Waals surface area (Å²) in [6.45, 7) is 2.47. The normalized spacial score (nSPS) is 35.5. The Labute approximate surface area is 90.1 Å². The van der Waals surface area contributed by atoms with Gasteiger partial charge in [-0.3, -0.25) is 4.79 Å². The standard InChI is InChI=1S/C12H18O3/c1-9-12(11(13)14,6-7-15-9)8-10-4-2-3-5-10/h4,9H,2-3,5-8H2,1H3,(H,13,14). The van der Waals surface area contributed by atoms with Crippen molar-refractivity contribution in [2.45, 2.75) is 45.1 Å². The van der Waals surface area contributed by atoms with Crippen LogP contribution in [0.5, 0.6) is 0 Å². The van der Waals surface area contributed by atoms with Crippen LogP contribution >= 0.6 is 0 Å². The van der Waals surface area contributed by atoms with Crippen molar-refractivity contribution in [2.24, 2.45) is 5.41 Å². The third-order valence-corrected chi connectivity index (χ3v) is 3.80. The zero-order valence-electron chi connectivity index (χ0n) is 9.16. The Balaban J connectivity index is 2.15. The van der Waals surface area contributed by atoms with E-state index in [2.05, 4.69) is 6.08 Å². The summed E-state index contributed by atoms with van der Waals surface area (Å²) < 4.78 is 5.43. The first-order valence-electron chi connectivity index (χ1n) is 5.68. The highest BCUT2D eigenvalue weighted by Crippen LogP contribution is 2.42. The monoisotopic (exact) mass is 210 g/mol. The molecule has 0 aromatic heterocycles. The van der Waals surface area contributed by atoms with Gasteiger partial charge in [-0.2, -0.15) is 0 Å². The molecular weight excluding hydrogens is 192 g/mol. The number of aliphatic carboxylic acids is 1. The van der Waals surface area contributed by atoms with Gasteiger partial charge in [-0.05, 0) is 39.0 Å². The molecule has 84 valence electrons. The van der Waals surface area contributed by atoms with Crippen molar-refractivity contribution in [3.8, 4) is 0 Å². The van der Waals surface area contributed by atoms with E-state index in [4.69, 9.17) is 4.74 Å². The van der Waals surface area contributed by atoms with Gasteiger partial charge in [0.15, 0.2) is 0 Å². The molecular formula is C12H18O3. The lowest BCUT2D eigenvalue weighted by Gasteiger charge is -2.27. The van der Waals surface area contributed by atoms with E-state index < -0.39 is 11.4 Å². The van der Waals surface area contributed by atoms with Crippen LogP contribution in [0.15, 0.2) is 11.6 Å². The molecule has 0 amide bonds. The van der Waals surface area contributed by atoms with Crippen LogP contribution < -0.4 is 0 Å². The molecule has 15 heavy (non-hydrogen) atoms. The SMILES string of the molecule is CC1OCCC1(CC1=CCCC1)C(=O)O. The molecule has 3 heteroatoms. The Hall–Kier alpha value is -0.830. The van der Waals surface area contributed by atoms with Crippen LogP contribution in [-0.4, -0.2) is 23.8 Å². The highest BCUT2D eigenvalue weighted by atomic mass is 16.5. The fourth-order valence-electron chi connectivity index (χ4n) is 2.67. The van der Waals surface area contributed by atoms with Crippen molar-refractivity contribution in [1.82, 2.24) is 0 Å². The summed E-state index contributed by atoms with van der Waals surface area (Å²) in [5, 5.41) is 9.39. The lowest BCUT2D eigenvalue weighted by atomic mass is 9.76. The minimum Gasteiger partial charge on any atom is -0.481 e. The molecule has 1 fully saturated rings. The van der Waals surface area contributed by atoms with E-state index in [-0.39, 0.29) is 6.10 Å². The number of carbonyl (C=O) groups is 1. The van der Waals surface area contributed by atoms with Crippen molar-refractivity contribution in [3.63, 3.8) is 0 Å². The van der Waals surface area contributed by atoms with Gasteiger partial charge in [0, 0.05) is 6.61 Å². The summed E-state index contributed by atoms with van der Waals surface area (Å²) >= 11 is 0. The first-order chi connectivity index (χ1) is 7.15. The second-order valence-corrected chi connectivity index (χ2v) is 4.66. The Morgan fingerprint density at radius 3 is 3.00 bits per heavy atom. The Bertz CT molecular complexity index is 295. The summed E-state index contributed by atoms with van der Waals surface area (Å²) in [4.78, 5) is 11.4. The summed E-state index contributed by atoms with van der Waals surface area (Å²) in [5.74, 6) is -0.694. The van der Waals surface area contributed by atoms with Crippen LogP contribution in [0.4, 0.5) is 0 Å². The van der Waals surface area contributed by atoms with Gasteiger partial charge in [-0.15, -0.1) is 0 Å². The molecule has 1 aliphatic carbocycles. The van der Waals surface area contributed by atoms with E-state index in [1.165, 1.54) is 12.0 Å². The fraction of sp³-hybridized carbons (Fsp3) is 0.750. The number of carboxylic acids is 1. The quantitative estimate of drug-likeness (QED) is 0.727. The first kappa shape index (κ1) is 10.7. The van der Waals surface area contributed by atoms with Crippen molar-refractivity contribution in [3.05, 3.63) is 11.6 Å². The predicted octanol–water partition coefficient (Wildman–Crippen LogP) is 2.37. The zero-order valence-corrected chi connectivity index (χ0v) is 9.16. The maximum Gasteiger partial charge on any atom is 0.312 e. The van der Waals surface area contributed by atoms with Crippen LogP contribution in [0.1, 0.15) is 39.0 Å². The van der Waals surface area contributed by atoms with E-state index >= 15 is 0 Å². The molecule has 0 saturated carbocycles. The van der Waals surface area contributed by atoms with Crippen molar-refractivity contribution in [2.75, 3.05) is 6.61 Å². The van der Waals surface area contributed by atoms with Gasteiger partial charge in [-0.1, -0.05) is 11.6 Å². The molecule has 0 bridgehead atoms. The molecule has 1 saturated heterocycles. The molecule has 2 unspecified atom stereocenters. The second kappa shape index (κ2) is 3.97. The lowest BCUT2D eigenvalue weighted by molar-refractivity contribution is -0.151. The molecule has 2 rings (SSSR count). The Kier molecular flexibility index (Phi) is 2.83.